The number of benzene rings is 2. The van der Waals surface area contributed by atoms with E-state index in [-0.39, 0.29) is 18.8 Å². The molecule has 0 aliphatic heterocycles. The zero-order chi connectivity index (χ0) is 20.7. The van der Waals surface area contributed by atoms with E-state index in [1.807, 2.05) is 30.3 Å². The predicted octanol–water partition coefficient (Wildman–Crippen LogP) is 4.36. The summed E-state index contributed by atoms with van der Waals surface area (Å²) in [7, 11) is 0. The van der Waals surface area contributed by atoms with Crippen LogP contribution in [-0.2, 0) is 14.3 Å². The van der Waals surface area contributed by atoms with E-state index in [0.29, 0.717) is 10.6 Å². The lowest BCUT2D eigenvalue weighted by atomic mass is 9.91. The van der Waals surface area contributed by atoms with Gasteiger partial charge in [0.05, 0.1) is 23.0 Å². The van der Waals surface area contributed by atoms with Gasteiger partial charge in [-0.25, -0.2) is 0 Å². The number of ether oxygens (including phenoxy) is 1. The second-order valence-electron chi connectivity index (χ2n) is 7.45. The highest BCUT2D eigenvalue weighted by atomic mass is 35.5. The Morgan fingerprint density at radius 1 is 1.00 bits per heavy atom. The largest absolute Gasteiger partial charge is 0.458 e. The fourth-order valence-corrected chi connectivity index (χ4v) is 2.63. The lowest BCUT2D eigenvalue weighted by Gasteiger charge is -2.20. The van der Waals surface area contributed by atoms with Crippen molar-refractivity contribution in [2.24, 2.45) is 5.41 Å². The van der Waals surface area contributed by atoms with Gasteiger partial charge in [-0.2, -0.15) is 0 Å². The maximum absolute atomic E-state index is 12.6. The van der Waals surface area contributed by atoms with Crippen LogP contribution in [0.5, 0.6) is 0 Å². The van der Waals surface area contributed by atoms with Gasteiger partial charge in [0.1, 0.15) is 0 Å². The highest BCUT2D eigenvalue weighted by Crippen LogP contribution is 2.21. The molecule has 0 aliphatic carbocycles. The monoisotopic (exact) mass is 401 g/mol. The molecule has 0 fully saturated rings. The maximum atomic E-state index is 12.6. The first-order valence-corrected chi connectivity index (χ1v) is 9.35. The predicted molar refractivity (Wildman–Crippen MR) is 108 cm³/mol. The van der Waals surface area contributed by atoms with Crippen molar-refractivity contribution in [2.45, 2.75) is 33.2 Å². The second-order valence-corrected chi connectivity index (χ2v) is 7.86. The Morgan fingerprint density at radius 2 is 1.61 bits per heavy atom. The molecule has 0 unspecified atom stereocenters. The summed E-state index contributed by atoms with van der Waals surface area (Å²) in [5, 5.41) is 3.15. The van der Waals surface area contributed by atoms with Crippen molar-refractivity contribution in [2.75, 3.05) is 6.61 Å². The van der Waals surface area contributed by atoms with Gasteiger partial charge < -0.3 is 10.1 Å². The van der Waals surface area contributed by atoms with Gasteiger partial charge in [-0.3, -0.25) is 14.4 Å². The van der Waals surface area contributed by atoms with E-state index in [2.05, 4.69) is 5.32 Å². The zero-order valence-corrected chi connectivity index (χ0v) is 17.0. The number of carbonyl (C=O) groups is 3. The van der Waals surface area contributed by atoms with Crippen LogP contribution in [0.2, 0.25) is 5.02 Å². The number of carbonyl (C=O) groups excluding carboxylic acids is 3. The number of Topliss-reactive ketones (excluding diaryl/α,β-unsaturated/α-hetero) is 1. The molecule has 0 spiro atoms. The van der Waals surface area contributed by atoms with Gasteiger partial charge in [0, 0.05) is 5.41 Å². The van der Waals surface area contributed by atoms with Crippen LogP contribution < -0.4 is 5.32 Å². The molecule has 28 heavy (non-hydrogen) atoms. The smallest absolute Gasteiger partial charge is 0.308 e. The lowest BCUT2D eigenvalue weighted by Crippen LogP contribution is -2.32. The van der Waals surface area contributed by atoms with Crippen LogP contribution in [0, 0.1) is 5.41 Å². The van der Waals surface area contributed by atoms with E-state index >= 15 is 0 Å². The summed E-state index contributed by atoms with van der Waals surface area (Å²) < 4.78 is 5.13. The van der Waals surface area contributed by atoms with E-state index in [4.69, 9.17) is 16.3 Å². The highest BCUT2D eigenvalue weighted by molar-refractivity contribution is 6.33. The maximum Gasteiger partial charge on any atom is 0.308 e. The third-order valence-electron chi connectivity index (χ3n) is 4.20. The van der Waals surface area contributed by atoms with Gasteiger partial charge in [0.25, 0.3) is 5.91 Å². The minimum atomic E-state index is -0.609. The van der Waals surface area contributed by atoms with Crippen molar-refractivity contribution in [1.29, 1.82) is 0 Å². The van der Waals surface area contributed by atoms with Crippen LogP contribution in [-0.4, -0.2) is 24.3 Å². The van der Waals surface area contributed by atoms with Crippen molar-refractivity contribution in [1.82, 2.24) is 5.32 Å². The molecular formula is C22H24ClNO4. The average Bonchev–Trinajstić information content (AvgIpc) is 2.65. The molecule has 0 aromatic heterocycles. The minimum absolute atomic E-state index is 0.0996. The van der Waals surface area contributed by atoms with Crippen LogP contribution in [0.4, 0.5) is 0 Å². The SMILES string of the molecule is CC(C)(C)C(=O)COC(=O)C[C@H](NC(=O)c1ccccc1Cl)c1ccccc1. The molecule has 0 heterocycles. The normalized spacial score (nSPS) is 12.1. The van der Waals surface area contributed by atoms with Crippen LogP contribution in [0.25, 0.3) is 0 Å². The molecule has 1 atom stereocenters. The third kappa shape index (κ3) is 6.20. The van der Waals surface area contributed by atoms with Gasteiger partial charge in [0.15, 0.2) is 12.4 Å². The Balaban J connectivity index is 2.10. The summed E-state index contributed by atoms with van der Waals surface area (Å²) >= 11 is 6.09. The van der Waals surface area contributed by atoms with E-state index in [0.717, 1.165) is 5.56 Å². The van der Waals surface area contributed by atoms with Gasteiger partial charge in [0.2, 0.25) is 0 Å². The van der Waals surface area contributed by atoms with Crippen molar-refractivity contribution in [3.63, 3.8) is 0 Å². The second kappa shape index (κ2) is 9.51. The number of halogens is 1. The highest BCUT2D eigenvalue weighted by Gasteiger charge is 2.25. The molecule has 148 valence electrons. The first-order chi connectivity index (χ1) is 13.2. The van der Waals surface area contributed by atoms with Crippen molar-refractivity contribution in [3.05, 3.63) is 70.7 Å². The molecule has 0 saturated carbocycles. The standard InChI is InChI=1S/C22H24ClNO4/c1-22(2,3)19(25)14-28-20(26)13-18(15-9-5-4-6-10-15)24-21(27)16-11-7-8-12-17(16)23/h4-12,18H,13-14H2,1-3H3,(H,24,27)/t18-/m0/s1. The van der Waals surface area contributed by atoms with Crippen LogP contribution in [0.3, 0.4) is 0 Å². The van der Waals surface area contributed by atoms with Crippen molar-refractivity contribution >= 4 is 29.3 Å². The molecule has 1 amide bonds. The molecule has 2 rings (SSSR count). The Kier molecular flexibility index (Phi) is 7.35. The topological polar surface area (TPSA) is 72.5 Å². The fourth-order valence-electron chi connectivity index (χ4n) is 2.41. The average molecular weight is 402 g/mol. The van der Waals surface area contributed by atoms with Crippen LogP contribution >= 0.6 is 11.6 Å². The summed E-state index contributed by atoms with van der Waals surface area (Å²) in [6, 6.07) is 15.2. The molecule has 1 N–H and O–H groups in total. The molecule has 0 radical (unpaired) electrons. The molecule has 5 nitrogen and oxygen atoms in total. The summed E-state index contributed by atoms with van der Waals surface area (Å²) in [5.41, 5.74) is 0.487. The number of hydrogen-bond acceptors (Lipinski definition) is 4. The Labute approximate surface area is 170 Å². The van der Waals surface area contributed by atoms with E-state index in [1.165, 1.54) is 0 Å². The molecular weight excluding hydrogens is 378 g/mol. The fraction of sp³-hybridized carbons (Fsp3) is 0.318. The third-order valence-corrected chi connectivity index (χ3v) is 4.53. The molecule has 2 aromatic carbocycles. The molecule has 2 aromatic rings. The number of amides is 1. The molecule has 0 aliphatic rings. The van der Waals surface area contributed by atoms with Gasteiger partial charge >= 0.3 is 5.97 Å². The summed E-state index contributed by atoms with van der Waals surface area (Å²) in [4.78, 5) is 36.9. The number of esters is 1. The Bertz CT molecular complexity index is 843. The molecule has 0 bridgehead atoms. The summed E-state index contributed by atoms with van der Waals surface area (Å²) in [5.74, 6) is -1.12. The Hall–Kier alpha value is -2.66. The number of nitrogens with one attached hydrogen (secondary N) is 1. The van der Waals surface area contributed by atoms with Crippen LogP contribution in [0.15, 0.2) is 54.6 Å². The quantitative estimate of drug-likeness (QED) is 0.699. The minimum Gasteiger partial charge on any atom is -0.458 e. The van der Waals surface area contributed by atoms with E-state index < -0.39 is 23.3 Å². The lowest BCUT2D eigenvalue weighted by molar-refractivity contribution is -0.150. The number of rotatable bonds is 7. The number of hydrogen-bond donors (Lipinski definition) is 1. The van der Waals surface area contributed by atoms with E-state index in [9.17, 15) is 14.4 Å². The van der Waals surface area contributed by atoms with E-state index in [1.54, 1.807) is 45.0 Å². The zero-order valence-electron chi connectivity index (χ0n) is 16.2. The van der Waals surface area contributed by atoms with Crippen molar-refractivity contribution < 1.29 is 19.1 Å². The Morgan fingerprint density at radius 3 is 2.21 bits per heavy atom. The van der Waals surface area contributed by atoms with Gasteiger partial charge in [-0.15, -0.1) is 0 Å². The summed E-state index contributed by atoms with van der Waals surface area (Å²) in [6.07, 6.45) is -0.0996. The molecule has 0 saturated heterocycles. The van der Waals surface area contributed by atoms with Crippen LogP contribution in [0.1, 0.15) is 49.2 Å². The van der Waals surface area contributed by atoms with Gasteiger partial charge in [-0.05, 0) is 17.7 Å². The molecule has 6 heteroatoms. The first-order valence-electron chi connectivity index (χ1n) is 8.97. The summed E-state index contributed by atoms with van der Waals surface area (Å²) in [6.45, 7) is 5.00. The van der Waals surface area contributed by atoms with Crippen molar-refractivity contribution in [3.8, 4) is 0 Å². The number of ketones is 1. The van der Waals surface area contributed by atoms with Gasteiger partial charge in [-0.1, -0.05) is 74.8 Å². The first kappa shape index (κ1) is 21.6.